The lowest BCUT2D eigenvalue weighted by atomic mass is 10.3. The Morgan fingerprint density at radius 3 is 3.06 bits per heavy atom. The van der Waals surface area contributed by atoms with Crippen LogP contribution < -0.4 is 5.73 Å². The van der Waals surface area contributed by atoms with E-state index in [1.165, 1.54) is 4.88 Å². The first-order chi connectivity index (χ1) is 7.86. The van der Waals surface area contributed by atoms with Gasteiger partial charge in [0.15, 0.2) is 0 Å². The second-order valence-corrected chi connectivity index (χ2v) is 4.41. The summed E-state index contributed by atoms with van der Waals surface area (Å²) in [6, 6.07) is 4.11. The Labute approximate surface area is 96.4 Å². The first kappa shape index (κ1) is 9.50. The monoisotopic (exact) mass is 230 g/mol. The highest BCUT2D eigenvalue weighted by atomic mass is 32.1. The van der Waals surface area contributed by atoms with Gasteiger partial charge in [0.2, 0.25) is 5.78 Å². The van der Waals surface area contributed by atoms with Gasteiger partial charge in [0, 0.05) is 35.6 Å². The van der Waals surface area contributed by atoms with Gasteiger partial charge < -0.3 is 5.73 Å². The molecule has 0 atom stereocenters. The Morgan fingerprint density at radius 2 is 2.31 bits per heavy atom. The number of hydrogen-bond acceptors (Lipinski definition) is 4. The number of hydrogen-bond donors (Lipinski definition) is 1. The maximum Gasteiger partial charge on any atom is 0.233 e. The highest BCUT2D eigenvalue weighted by molar-refractivity contribution is 7.13. The van der Waals surface area contributed by atoms with Gasteiger partial charge in [-0.1, -0.05) is 6.07 Å². The quantitative estimate of drug-likeness (QED) is 0.731. The summed E-state index contributed by atoms with van der Waals surface area (Å²) in [6.07, 6.45) is 5.79. The van der Waals surface area contributed by atoms with Crippen molar-refractivity contribution in [3.05, 3.63) is 41.8 Å². The number of nitrogens with zero attached hydrogens (tertiary/aromatic N) is 3. The molecule has 0 radical (unpaired) electrons. The Hall–Kier alpha value is -1.72. The fraction of sp³-hybridized carbons (Fsp3) is 0.0909. The van der Waals surface area contributed by atoms with Gasteiger partial charge in [0.25, 0.3) is 0 Å². The number of imidazole rings is 1. The molecule has 4 nitrogen and oxygen atoms in total. The predicted octanol–water partition coefficient (Wildman–Crippen LogP) is 1.92. The fourth-order valence-corrected chi connectivity index (χ4v) is 2.31. The van der Waals surface area contributed by atoms with E-state index in [1.807, 2.05) is 29.1 Å². The molecule has 3 aromatic rings. The average Bonchev–Trinajstić information content (AvgIpc) is 2.96. The van der Waals surface area contributed by atoms with Gasteiger partial charge in [-0.05, 0) is 11.4 Å². The molecule has 2 N–H and O–H groups in total. The molecule has 0 fully saturated rings. The molecule has 0 bridgehead atoms. The molecule has 0 aliphatic rings. The van der Waals surface area contributed by atoms with Crippen LogP contribution in [-0.2, 0) is 6.54 Å². The predicted molar refractivity (Wildman–Crippen MR) is 64.2 cm³/mol. The molecular formula is C11H10N4S. The van der Waals surface area contributed by atoms with Gasteiger partial charge in [0.1, 0.15) is 0 Å². The molecule has 0 unspecified atom stereocenters. The molecule has 3 aromatic heterocycles. The van der Waals surface area contributed by atoms with E-state index < -0.39 is 0 Å². The normalized spacial score (nSPS) is 11.1. The Kier molecular flexibility index (Phi) is 2.19. The van der Waals surface area contributed by atoms with Crippen LogP contribution >= 0.6 is 11.3 Å². The third kappa shape index (κ3) is 1.50. The molecular weight excluding hydrogens is 220 g/mol. The lowest BCUT2D eigenvalue weighted by molar-refractivity contribution is 1.01. The van der Waals surface area contributed by atoms with E-state index in [0.717, 1.165) is 11.3 Å². The molecule has 3 heterocycles. The van der Waals surface area contributed by atoms with Crippen molar-refractivity contribution in [3.63, 3.8) is 0 Å². The van der Waals surface area contributed by atoms with E-state index in [2.05, 4.69) is 21.4 Å². The minimum Gasteiger partial charge on any atom is -0.325 e. The van der Waals surface area contributed by atoms with Crippen molar-refractivity contribution in [1.82, 2.24) is 14.4 Å². The van der Waals surface area contributed by atoms with Crippen LogP contribution in [0.5, 0.6) is 0 Å². The summed E-state index contributed by atoms with van der Waals surface area (Å²) in [5.74, 6) is 0.695. The van der Waals surface area contributed by atoms with E-state index in [9.17, 15) is 0 Å². The second-order valence-electron chi connectivity index (χ2n) is 3.46. The highest BCUT2D eigenvalue weighted by Crippen LogP contribution is 2.23. The first-order valence-corrected chi connectivity index (χ1v) is 5.82. The van der Waals surface area contributed by atoms with E-state index in [-0.39, 0.29) is 0 Å². The van der Waals surface area contributed by atoms with E-state index in [1.54, 1.807) is 11.3 Å². The summed E-state index contributed by atoms with van der Waals surface area (Å²) in [4.78, 5) is 9.80. The number of rotatable bonds is 2. The van der Waals surface area contributed by atoms with Crippen molar-refractivity contribution in [1.29, 1.82) is 0 Å². The minimum absolute atomic E-state index is 0.442. The van der Waals surface area contributed by atoms with Gasteiger partial charge >= 0.3 is 0 Å². The van der Waals surface area contributed by atoms with Crippen molar-refractivity contribution in [3.8, 4) is 10.4 Å². The van der Waals surface area contributed by atoms with Crippen LogP contribution in [0.25, 0.3) is 16.2 Å². The zero-order valence-electron chi connectivity index (χ0n) is 8.50. The third-order valence-corrected chi connectivity index (χ3v) is 3.29. The number of thiophene rings is 1. The zero-order valence-corrected chi connectivity index (χ0v) is 9.31. The van der Waals surface area contributed by atoms with Crippen LogP contribution in [0.1, 0.15) is 5.69 Å². The molecule has 0 amide bonds. The Balaban J connectivity index is 2.15. The highest BCUT2D eigenvalue weighted by Gasteiger charge is 2.04. The molecule has 0 aliphatic carbocycles. The summed E-state index contributed by atoms with van der Waals surface area (Å²) >= 11 is 1.70. The van der Waals surface area contributed by atoms with Crippen LogP contribution in [0.3, 0.4) is 0 Å². The third-order valence-electron chi connectivity index (χ3n) is 2.37. The zero-order chi connectivity index (χ0) is 11.0. The number of nitrogens with two attached hydrogens (primary N) is 1. The molecule has 0 aliphatic heterocycles. The van der Waals surface area contributed by atoms with Gasteiger partial charge in [0.05, 0.1) is 5.69 Å². The minimum atomic E-state index is 0.442. The van der Waals surface area contributed by atoms with Crippen LogP contribution in [0.4, 0.5) is 0 Å². The molecule has 80 valence electrons. The van der Waals surface area contributed by atoms with Gasteiger partial charge in [-0.3, -0.25) is 4.40 Å². The SMILES string of the molecule is NCc1cn2cc(-c3cccs3)cnc2n1. The van der Waals surface area contributed by atoms with Crippen LogP contribution in [-0.4, -0.2) is 14.4 Å². The van der Waals surface area contributed by atoms with Gasteiger partial charge in [-0.2, -0.15) is 0 Å². The smallest absolute Gasteiger partial charge is 0.233 e. The summed E-state index contributed by atoms with van der Waals surface area (Å²) in [5.41, 5.74) is 7.50. The molecule has 3 rings (SSSR count). The van der Waals surface area contributed by atoms with E-state index in [0.29, 0.717) is 12.3 Å². The number of fused-ring (bicyclic) bond motifs is 1. The van der Waals surface area contributed by atoms with Crippen LogP contribution in [0.15, 0.2) is 36.1 Å². The average molecular weight is 230 g/mol. The summed E-state index contributed by atoms with van der Waals surface area (Å²) in [5, 5.41) is 2.05. The largest absolute Gasteiger partial charge is 0.325 e. The maximum absolute atomic E-state index is 5.54. The Morgan fingerprint density at radius 1 is 1.38 bits per heavy atom. The van der Waals surface area contributed by atoms with Crippen molar-refractivity contribution in [2.24, 2.45) is 5.73 Å². The lowest BCUT2D eigenvalue weighted by Crippen LogP contribution is -1.95. The first-order valence-electron chi connectivity index (χ1n) is 4.94. The fourth-order valence-electron chi connectivity index (χ4n) is 1.60. The number of aromatic nitrogens is 3. The van der Waals surface area contributed by atoms with E-state index >= 15 is 0 Å². The topological polar surface area (TPSA) is 56.2 Å². The van der Waals surface area contributed by atoms with Crippen LogP contribution in [0, 0.1) is 0 Å². The van der Waals surface area contributed by atoms with Crippen molar-refractivity contribution in [2.45, 2.75) is 6.54 Å². The van der Waals surface area contributed by atoms with Crippen molar-refractivity contribution in [2.75, 3.05) is 0 Å². The molecule has 5 heteroatoms. The Bertz CT molecular complexity index is 612. The van der Waals surface area contributed by atoms with Crippen molar-refractivity contribution < 1.29 is 0 Å². The summed E-state index contributed by atoms with van der Waals surface area (Å²) < 4.78 is 1.91. The maximum atomic E-state index is 5.54. The molecule has 0 saturated carbocycles. The summed E-state index contributed by atoms with van der Waals surface area (Å²) in [7, 11) is 0. The lowest BCUT2D eigenvalue weighted by Gasteiger charge is -1.97. The van der Waals surface area contributed by atoms with E-state index in [4.69, 9.17) is 5.73 Å². The molecule has 16 heavy (non-hydrogen) atoms. The molecule has 0 aromatic carbocycles. The standard InChI is InChI=1S/C11H10N4S/c12-4-9-7-15-6-8(5-13-11(15)14-9)10-2-1-3-16-10/h1-3,5-7H,4,12H2. The van der Waals surface area contributed by atoms with Crippen LogP contribution in [0.2, 0.25) is 0 Å². The van der Waals surface area contributed by atoms with Crippen molar-refractivity contribution >= 4 is 17.1 Å². The summed E-state index contributed by atoms with van der Waals surface area (Å²) in [6.45, 7) is 0.442. The second kappa shape index (κ2) is 3.70. The van der Waals surface area contributed by atoms with Gasteiger partial charge in [-0.25, -0.2) is 9.97 Å². The molecule has 0 spiro atoms. The van der Waals surface area contributed by atoms with Gasteiger partial charge in [-0.15, -0.1) is 11.3 Å². The molecule has 0 saturated heterocycles.